The molecule has 0 bridgehead atoms. The molecule has 1 unspecified atom stereocenters. The van der Waals surface area contributed by atoms with Crippen molar-refractivity contribution in [2.24, 2.45) is 0 Å². The molecule has 1 amide bonds. The van der Waals surface area contributed by atoms with E-state index in [1.165, 1.54) is 34.9 Å². The van der Waals surface area contributed by atoms with E-state index >= 15 is 0 Å². The quantitative estimate of drug-likeness (QED) is 0.365. The normalized spacial score (nSPS) is 16.0. The molecular weight excluding hydrogens is 571 g/mol. The van der Waals surface area contributed by atoms with Crippen molar-refractivity contribution >= 4 is 11.6 Å². The lowest BCUT2D eigenvalue weighted by Gasteiger charge is -2.34. The SMILES string of the molecule is Cc1nc(C(F)(F)F)cc(-c2ncnn3cc(Cn4c(=O)cc[nH]c4=O)cc23)c1OC1CCCN(C(=O)OC(C)(C)C)C1. The third-order valence-electron chi connectivity index (χ3n) is 6.75. The first-order valence-corrected chi connectivity index (χ1v) is 13.5. The van der Waals surface area contributed by atoms with Crippen LogP contribution in [0.15, 0.2) is 46.5 Å². The number of hydrogen-bond acceptors (Lipinski definition) is 8. The molecule has 4 aromatic heterocycles. The van der Waals surface area contributed by atoms with Crippen LogP contribution in [0.3, 0.4) is 0 Å². The van der Waals surface area contributed by atoms with Crippen molar-refractivity contribution in [3.63, 3.8) is 0 Å². The second kappa shape index (κ2) is 11.2. The van der Waals surface area contributed by atoms with E-state index in [2.05, 4.69) is 20.1 Å². The number of aromatic amines is 1. The molecule has 4 aromatic rings. The Morgan fingerprint density at radius 3 is 2.65 bits per heavy atom. The van der Waals surface area contributed by atoms with Gasteiger partial charge in [0.25, 0.3) is 5.56 Å². The van der Waals surface area contributed by atoms with E-state index in [9.17, 15) is 27.6 Å². The van der Waals surface area contributed by atoms with Gasteiger partial charge in [0, 0.05) is 30.6 Å². The second-order valence-corrected chi connectivity index (χ2v) is 11.3. The zero-order chi connectivity index (χ0) is 31.1. The lowest BCUT2D eigenvalue weighted by molar-refractivity contribution is -0.141. The van der Waals surface area contributed by atoms with Crippen LogP contribution in [-0.2, 0) is 17.5 Å². The molecule has 0 spiro atoms. The number of nitrogens with zero attached hydrogens (tertiary/aromatic N) is 6. The number of pyridine rings is 1. The Bertz CT molecular complexity index is 1760. The van der Waals surface area contributed by atoms with Gasteiger partial charge in [0.15, 0.2) is 5.75 Å². The number of likely N-dealkylation sites (tertiary alicyclic amines) is 1. The topological polar surface area (TPSA) is 137 Å². The van der Waals surface area contributed by atoms with E-state index in [1.807, 2.05) is 0 Å². The fraction of sp³-hybridized carbons (Fsp3) is 0.429. The van der Waals surface area contributed by atoms with Crippen LogP contribution in [0.25, 0.3) is 16.8 Å². The lowest BCUT2D eigenvalue weighted by Crippen LogP contribution is -2.46. The molecule has 1 atom stereocenters. The maximum absolute atomic E-state index is 13.9. The van der Waals surface area contributed by atoms with Gasteiger partial charge in [-0.25, -0.2) is 24.1 Å². The average Bonchev–Trinajstić information content (AvgIpc) is 3.33. The number of halogens is 3. The zero-order valence-corrected chi connectivity index (χ0v) is 23.9. The Hall–Kier alpha value is -4.69. The maximum atomic E-state index is 13.9. The van der Waals surface area contributed by atoms with Crippen LogP contribution in [0.1, 0.15) is 50.6 Å². The van der Waals surface area contributed by atoms with Gasteiger partial charge < -0.3 is 19.4 Å². The van der Waals surface area contributed by atoms with Crippen molar-refractivity contribution < 1.29 is 27.4 Å². The Kier molecular flexibility index (Phi) is 7.75. The predicted octanol–water partition coefficient (Wildman–Crippen LogP) is 3.80. The molecule has 12 nitrogen and oxygen atoms in total. The fourth-order valence-corrected chi connectivity index (χ4v) is 4.89. The predicted molar refractivity (Wildman–Crippen MR) is 148 cm³/mol. The highest BCUT2D eigenvalue weighted by atomic mass is 19.4. The summed E-state index contributed by atoms with van der Waals surface area (Å²) in [6, 6.07) is 3.67. The maximum Gasteiger partial charge on any atom is 0.433 e. The van der Waals surface area contributed by atoms with Crippen LogP contribution >= 0.6 is 0 Å². The van der Waals surface area contributed by atoms with Crippen LogP contribution in [0.4, 0.5) is 18.0 Å². The highest BCUT2D eigenvalue weighted by Gasteiger charge is 2.36. The smallest absolute Gasteiger partial charge is 0.433 e. The average molecular weight is 602 g/mol. The van der Waals surface area contributed by atoms with E-state index in [-0.39, 0.29) is 35.8 Å². The molecule has 1 fully saturated rings. The molecule has 0 aliphatic carbocycles. The molecule has 228 valence electrons. The number of hydrogen-bond donors (Lipinski definition) is 1. The van der Waals surface area contributed by atoms with Gasteiger partial charge in [-0.2, -0.15) is 18.3 Å². The van der Waals surface area contributed by atoms with Crippen molar-refractivity contribution in [2.75, 3.05) is 13.1 Å². The summed E-state index contributed by atoms with van der Waals surface area (Å²) in [5.41, 5.74) is -2.00. The van der Waals surface area contributed by atoms with Gasteiger partial charge in [0.05, 0.1) is 24.3 Å². The van der Waals surface area contributed by atoms with Gasteiger partial charge in [-0.05, 0) is 58.2 Å². The molecule has 1 aliphatic heterocycles. The first-order chi connectivity index (χ1) is 20.2. The minimum atomic E-state index is -4.75. The van der Waals surface area contributed by atoms with Crippen molar-refractivity contribution in [1.29, 1.82) is 0 Å². The van der Waals surface area contributed by atoms with E-state index in [0.717, 1.165) is 10.6 Å². The molecule has 5 rings (SSSR count). The molecule has 43 heavy (non-hydrogen) atoms. The number of aryl methyl sites for hydroxylation is 1. The lowest BCUT2D eigenvalue weighted by atomic mass is 10.1. The Morgan fingerprint density at radius 1 is 1.19 bits per heavy atom. The molecule has 1 aliphatic rings. The number of nitrogens with one attached hydrogen (secondary N) is 1. The van der Waals surface area contributed by atoms with Crippen molar-refractivity contribution in [1.82, 2.24) is 34.0 Å². The Labute approximate surface area is 243 Å². The largest absolute Gasteiger partial charge is 0.486 e. The number of aromatic nitrogens is 6. The molecule has 5 heterocycles. The van der Waals surface area contributed by atoms with Crippen LogP contribution < -0.4 is 16.0 Å². The van der Waals surface area contributed by atoms with Gasteiger partial charge in [-0.1, -0.05) is 0 Å². The number of carbonyl (C=O) groups is 1. The third kappa shape index (κ3) is 6.54. The number of carbonyl (C=O) groups excluding carboxylic acids is 1. The standard InChI is InChI=1S/C28H30F3N7O5/c1-16-24(42-18-6-5-9-36(14-18)26(41)43-27(2,3)4)19(11-21(35-16)28(29,30)31)23-20-10-17(13-38(20)34-15-33-23)12-37-22(39)7-8-32-25(37)40/h7-8,10-11,13,15,18H,5-6,9,12,14H2,1-4H3,(H,32,40). The minimum absolute atomic E-state index is 0.00914. The summed E-state index contributed by atoms with van der Waals surface area (Å²) in [5, 5.41) is 4.17. The number of fused-ring (bicyclic) bond motifs is 1. The Morgan fingerprint density at radius 2 is 1.95 bits per heavy atom. The molecular formula is C28H30F3N7O5. The number of alkyl halides is 3. The van der Waals surface area contributed by atoms with Gasteiger partial charge in [-0.15, -0.1) is 0 Å². The summed E-state index contributed by atoms with van der Waals surface area (Å²) in [6.07, 6.45) is -0.664. The molecule has 1 saturated heterocycles. The van der Waals surface area contributed by atoms with Crippen LogP contribution in [0.5, 0.6) is 5.75 Å². The number of rotatable bonds is 5. The van der Waals surface area contributed by atoms with Crippen molar-refractivity contribution in [3.8, 4) is 17.0 Å². The summed E-state index contributed by atoms with van der Waals surface area (Å²) in [4.78, 5) is 49.2. The fourth-order valence-electron chi connectivity index (χ4n) is 4.89. The summed E-state index contributed by atoms with van der Waals surface area (Å²) in [6.45, 7) is 7.22. The van der Waals surface area contributed by atoms with Crippen molar-refractivity contribution in [2.45, 2.75) is 65.0 Å². The highest BCUT2D eigenvalue weighted by molar-refractivity contribution is 5.81. The number of amides is 1. The molecule has 15 heteroatoms. The van der Waals surface area contributed by atoms with Gasteiger partial charge in [0.2, 0.25) is 0 Å². The van der Waals surface area contributed by atoms with Gasteiger partial charge in [0.1, 0.15) is 29.4 Å². The summed E-state index contributed by atoms with van der Waals surface area (Å²) in [7, 11) is 0. The van der Waals surface area contributed by atoms with Gasteiger partial charge >= 0.3 is 18.0 Å². The van der Waals surface area contributed by atoms with E-state index in [1.54, 1.807) is 33.0 Å². The first-order valence-electron chi connectivity index (χ1n) is 13.5. The Balaban J connectivity index is 1.55. The molecule has 1 N–H and O–H groups in total. The number of ether oxygens (including phenoxy) is 2. The second-order valence-electron chi connectivity index (χ2n) is 11.3. The monoisotopic (exact) mass is 601 g/mol. The molecule has 0 radical (unpaired) electrons. The third-order valence-corrected chi connectivity index (χ3v) is 6.75. The zero-order valence-electron chi connectivity index (χ0n) is 23.9. The molecule has 0 aromatic carbocycles. The molecule has 0 saturated carbocycles. The van der Waals surface area contributed by atoms with E-state index in [4.69, 9.17) is 9.47 Å². The van der Waals surface area contributed by atoms with Crippen molar-refractivity contribution in [3.05, 3.63) is 74.7 Å². The number of piperidine rings is 1. The van der Waals surface area contributed by atoms with Crippen LogP contribution in [-0.4, -0.2) is 64.9 Å². The number of H-pyrrole nitrogens is 1. The van der Waals surface area contributed by atoms with Crippen LogP contribution in [0, 0.1) is 6.92 Å². The van der Waals surface area contributed by atoms with E-state index < -0.39 is 40.9 Å². The van der Waals surface area contributed by atoms with Crippen LogP contribution in [0.2, 0.25) is 0 Å². The summed E-state index contributed by atoms with van der Waals surface area (Å²) < 4.78 is 55.9. The van der Waals surface area contributed by atoms with E-state index in [0.29, 0.717) is 30.5 Å². The highest BCUT2D eigenvalue weighted by Crippen LogP contribution is 2.39. The van der Waals surface area contributed by atoms with Gasteiger partial charge in [-0.3, -0.25) is 9.36 Å². The first kappa shape index (κ1) is 29.8. The minimum Gasteiger partial charge on any atom is -0.486 e. The summed E-state index contributed by atoms with van der Waals surface area (Å²) >= 11 is 0. The summed E-state index contributed by atoms with van der Waals surface area (Å²) in [5.74, 6) is 0.0862.